The predicted molar refractivity (Wildman–Crippen MR) is 90.0 cm³/mol. The molecule has 2 aromatic rings. The van der Waals surface area contributed by atoms with Gasteiger partial charge in [-0.05, 0) is 57.2 Å². The number of fused-ring (bicyclic) bond motifs is 1. The van der Waals surface area contributed by atoms with Gasteiger partial charge in [-0.2, -0.15) is 0 Å². The molecule has 1 aromatic heterocycles. The van der Waals surface area contributed by atoms with Crippen LogP contribution in [-0.2, 0) is 0 Å². The molecule has 0 saturated carbocycles. The third-order valence-corrected chi connectivity index (χ3v) is 4.40. The van der Waals surface area contributed by atoms with Crippen LogP contribution in [0.5, 0.6) is 0 Å². The van der Waals surface area contributed by atoms with Gasteiger partial charge in [0.25, 0.3) is 5.91 Å². The van der Waals surface area contributed by atoms with Gasteiger partial charge in [-0.1, -0.05) is 0 Å². The number of aliphatic hydroxyl groups is 1. The van der Waals surface area contributed by atoms with Gasteiger partial charge in [0.2, 0.25) is 0 Å². The molecular weight excluding hydrogens is 292 g/mol. The summed E-state index contributed by atoms with van der Waals surface area (Å²) in [6, 6.07) is 5.39. The fourth-order valence-corrected chi connectivity index (χ4v) is 3.32. The number of nitrogens with zero attached hydrogens (tertiary/aromatic N) is 2. The Bertz CT molecular complexity index is 709. The molecule has 0 radical (unpaired) electrons. The molecule has 1 saturated heterocycles. The number of rotatable bonds is 3. The number of amides is 1. The molecule has 6 heteroatoms. The Morgan fingerprint density at radius 2 is 2.13 bits per heavy atom. The maximum absolute atomic E-state index is 12.6. The maximum Gasteiger partial charge on any atom is 0.289 e. The van der Waals surface area contributed by atoms with Crippen molar-refractivity contribution in [3.63, 3.8) is 0 Å². The van der Waals surface area contributed by atoms with Crippen LogP contribution < -0.4 is 5.73 Å². The number of nitrogens with one attached hydrogen (secondary N) is 1. The number of aromatic nitrogens is 2. The van der Waals surface area contributed by atoms with E-state index in [1.807, 2.05) is 24.8 Å². The quantitative estimate of drug-likeness (QED) is 0.756. The first-order valence-corrected chi connectivity index (χ1v) is 8.09. The highest BCUT2D eigenvalue weighted by Gasteiger charge is 2.28. The molecule has 4 N–H and O–H groups in total. The molecule has 1 aliphatic rings. The van der Waals surface area contributed by atoms with Gasteiger partial charge < -0.3 is 20.7 Å². The number of benzene rings is 1. The summed E-state index contributed by atoms with van der Waals surface area (Å²) < 4.78 is 0. The number of hydrogen-bond donors (Lipinski definition) is 3. The molecule has 0 atom stereocenters. The van der Waals surface area contributed by atoms with E-state index in [2.05, 4.69) is 9.97 Å². The van der Waals surface area contributed by atoms with Crippen molar-refractivity contribution in [3.05, 3.63) is 24.0 Å². The number of imidazole rings is 1. The third-order valence-electron chi connectivity index (χ3n) is 4.40. The van der Waals surface area contributed by atoms with E-state index in [1.165, 1.54) is 0 Å². The largest absolute Gasteiger partial charge is 0.399 e. The minimum absolute atomic E-state index is 0.0681. The molecule has 2 heterocycles. The van der Waals surface area contributed by atoms with Gasteiger partial charge in [0.1, 0.15) is 0 Å². The van der Waals surface area contributed by atoms with Crippen molar-refractivity contribution >= 4 is 22.6 Å². The van der Waals surface area contributed by atoms with Crippen LogP contribution in [0.15, 0.2) is 18.2 Å². The van der Waals surface area contributed by atoms with Crippen LogP contribution in [0.4, 0.5) is 5.69 Å². The molecule has 1 aromatic carbocycles. The SMILES string of the molecule is CC(C)(O)CC1CCN(C(=O)c2nc3cc(N)ccc3[nH]2)CC1. The minimum atomic E-state index is -0.643. The Labute approximate surface area is 135 Å². The van der Waals surface area contributed by atoms with Gasteiger partial charge in [-0.15, -0.1) is 0 Å². The lowest BCUT2D eigenvalue weighted by molar-refractivity contribution is 0.0355. The number of piperidine rings is 1. The summed E-state index contributed by atoms with van der Waals surface area (Å²) in [5, 5.41) is 9.92. The summed E-state index contributed by atoms with van der Waals surface area (Å²) in [4.78, 5) is 21.9. The highest BCUT2D eigenvalue weighted by atomic mass is 16.3. The Kier molecular flexibility index (Phi) is 4.02. The maximum atomic E-state index is 12.6. The van der Waals surface area contributed by atoms with E-state index in [4.69, 9.17) is 5.73 Å². The average molecular weight is 316 g/mol. The molecule has 0 bridgehead atoms. The molecule has 1 amide bonds. The van der Waals surface area contributed by atoms with E-state index in [0.29, 0.717) is 36.0 Å². The Morgan fingerprint density at radius 1 is 1.43 bits per heavy atom. The van der Waals surface area contributed by atoms with Crippen LogP contribution in [0.25, 0.3) is 11.0 Å². The van der Waals surface area contributed by atoms with Crippen LogP contribution >= 0.6 is 0 Å². The molecule has 0 unspecified atom stereocenters. The van der Waals surface area contributed by atoms with Crippen molar-refractivity contribution < 1.29 is 9.90 Å². The number of anilines is 1. The fraction of sp³-hybridized carbons (Fsp3) is 0.529. The lowest BCUT2D eigenvalue weighted by Gasteiger charge is -2.34. The van der Waals surface area contributed by atoms with Gasteiger partial charge in [0.15, 0.2) is 5.82 Å². The van der Waals surface area contributed by atoms with Crippen molar-refractivity contribution in [1.82, 2.24) is 14.9 Å². The molecule has 6 nitrogen and oxygen atoms in total. The van der Waals surface area contributed by atoms with Crippen LogP contribution in [0.2, 0.25) is 0 Å². The number of carbonyl (C=O) groups excluding carboxylic acids is 1. The number of likely N-dealkylation sites (tertiary alicyclic amines) is 1. The Morgan fingerprint density at radius 3 is 2.78 bits per heavy atom. The van der Waals surface area contributed by atoms with Gasteiger partial charge in [0, 0.05) is 18.8 Å². The van der Waals surface area contributed by atoms with Gasteiger partial charge in [0.05, 0.1) is 16.6 Å². The summed E-state index contributed by atoms with van der Waals surface area (Å²) in [7, 11) is 0. The molecule has 1 fully saturated rings. The zero-order valence-corrected chi connectivity index (χ0v) is 13.7. The van der Waals surface area contributed by atoms with E-state index in [-0.39, 0.29) is 5.91 Å². The summed E-state index contributed by atoms with van der Waals surface area (Å²) in [6.07, 6.45) is 2.62. The highest BCUT2D eigenvalue weighted by molar-refractivity contribution is 5.94. The number of nitrogen functional groups attached to an aromatic ring is 1. The molecule has 0 aliphatic carbocycles. The summed E-state index contributed by atoms with van der Waals surface area (Å²) in [5.74, 6) is 0.766. The molecule has 23 heavy (non-hydrogen) atoms. The Balaban J connectivity index is 1.66. The lowest BCUT2D eigenvalue weighted by atomic mass is 9.86. The lowest BCUT2D eigenvalue weighted by Crippen LogP contribution is -2.40. The van der Waals surface area contributed by atoms with Crippen molar-refractivity contribution in [2.75, 3.05) is 18.8 Å². The minimum Gasteiger partial charge on any atom is -0.399 e. The molecular formula is C17H24N4O2. The predicted octanol–water partition coefficient (Wildman–Crippen LogP) is 2.16. The summed E-state index contributed by atoms with van der Waals surface area (Å²) >= 11 is 0. The topological polar surface area (TPSA) is 95.2 Å². The second-order valence-electron chi connectivity index (χ2n) is 7.11. The van der Waals surface area contributed by atoms with Gasteiger partial charge >= 0.3 is 0 Å². The zero-order valence-electron chi connectivity index (χ0n) is 13.7. The number of carbonyl (C=O) groups is 1. The van der Waals surface area contributed by atoms with Crippen LogP contribution in [0, 0.1) is 5.92 Å². The Hall–Kier alpha value is -2.08. The van der Waals surface area contributed by atoms with Crippen LogP contribution in [0.1, 0.15) is 43.7 Å². The average Bonchev–Trinajstić information content (AvgIpc) is 2.88. The van der Waals surface area contributed by atoms with Crippen LogP contribution in [-0.4, -0.2) is 44.6 Å². The molecule has 3 rings (SSSR count). The van der Waals surface area contributed by atoms with Crippen molar-refractivity contribution in [3.8, 4) is 0 Å². The first-order valence-electron chi connectivity index (χ1n) is 8.09. The second kappa shape index (κ2) is 5.85. The van der Waals surface area contributed by atoms with Gasteiger partial charge in [-0.3, -0.25) is 4.79 Å². The zero-order chi connectivity index (χ0) is 16.6. The van der Waals surface area contributed by atoms with Crippen molar-refractivity contribution in [2.24, 2.45) is 5.92 Å². The normalized spacial score (nSPS) is 16.9. The molecule has 1 aliphatic heterocycles. The summed E-state index contributed by atoms with van der Waals surface area (Å²) in [5.41, 5.74) is 7.27. The number of aromatic amines is 1. The molecule has 124 valence electrons. The van der Waals surface area contributed by atoms with E-state index < -0.39 is 5.60 Å². The monoisotopic (exact) mass is 316 g/mol. The van der Waals surface area contributed by atoms with Crippen LogP contribution in [0.3, 0.4) is 0 Å². The van der Waals surface area contributed by atoms with Crippen molar-refractivity contribution in [1.29, 1.82) is 0 Å². The second-order valence-corrected chi connectivity index (χ2v) is 7.11. The third kappa shape index (κ3) is 3.64. The number of nitrogens with two attached hydrogens (primary N) is 1. The first kappa shape index (κ1) is 15.8. The van der Waals surface area contributed by atoms with E-state index in [1.54, 1.807) is 12.1 Å². The highest BCUT2D eigenvalue weighted by Crippen LogP contribution is 2.27. The standard InChI is InChI=1S/C17H24N4O2/c1-17(2,23)10-11-5-7-21(8-6-11)16(22)15-19-13-4-3-12(18)9-14(13)20-15/h3-4,9,11,23H,5-8,10,18H2,1-2H3,(H,19,20). The van der Waals surface area contributed by atoms with E-state index in [0.717, 1.165) is 24.8 Å². The smallest absolute Gasteiger partial charge is 0.289 e. The summed E-state index contributed by atoms with van der Waals surface area (Å²) in [6.45, 7) is 5.09. The fourth-order valence-electron chi connectivity index (χ4n) is 3.32. The van der Waals surface area contributed by atoms with Gasteiger partial charge in [-0.25, -0.2) is 4.98 Å². The first-order chi connectivity index (χ1) is 10.8. The molecule has 0 spiro atoms. The van der Waals surface area contributed by atoms with E-state index >= 15 is 0 Å². The van der Waals surface area contributed by atoms with Crippen molar-refractivity contribution in [2.45, 2.75) is 38.7 Å². The number of H-pyrrole nitrogens is 1. The van der Waals surface area contributed by atoms with E-state index in [9.17, 15) is 9.90 Å². The number of hydrogen-bond acceptors (Lipinski definition) is 4.